The number of aliphatic imine (C=N–C) groups is 3. The lowest BCUT2D eigenvalue weighted by molar-refractivity contribution is 0.400. The van der Waals surface area contributed by atoms with E-state index in [1.807, 2.05) is 24.3 Å². The third-order valence-corrected chi connectivity index (χ3v) is 8.79. The van der Waals surface area contributed by atoms with Gasteiger partial charge in [-0.2, -0.15) is 0 Å². The first-order valence-corrected chi connectivity index (χ1v) is 14.1. The molecule has 7 rings (SSSR count). The molecule has 0 aromatic heterocycles. The zero-order valence-corrected chi connectivity index (χ0v) is 24.3. The quantitative estimate of drug-likeness (QED) is 0.360. The summed E-state index contributed by atoms with van der Waals surface area (Å²) in [7, 11) is 0. The summed E-state index contributed by atoms with van der Waals surface area (Å²) in [5.41, 5.74) is 14.8. The first-order chi connectivity index (χ1) is 18.6. The van der Waals surface area contributed by atoms with Crippen LogP contribution in [0.3, 0.4) is 0 Å². The van der Waals surface area contributed by atoms with Crippen molar-refractivity contribution in [2.45, 2.75) is 47.5 Å². The van der Waals surface area contributed by atoms with E-state index in [2.05, 4.69) is 80.2 Å². The van der Waals surface area contributed by atoms with Crippen molar-refractivity contribution < 1.29 is 5.11 Å². The van der Waals surface area contributed by atoms with Gasteiger partial charge in [-0.15, -0.1) is 0 Å². The summed E-state index contributed by atoms with van der Waals surface area (Å²) in [6.45, 7) is 10.9. The molecule has 8 bridgehead atoms. The van der Waals surface area contributed by atoms with Gasteiger partial charge in [0, 0.05) is 44.4 Å². The van der Waals surface area contributed by atoms with E-state index in [1.54, 1.807) is 0 Å². The molecule has 6 heteroatoms. The molecule has 0 radical (unpaired) electrons. The third kappa shape index (κ3) is 3.84. The number of fused-ring (bicyclic) bond motifs is 5. The number of aryl methyl sites for hydroxylation is 3. The van der Waals surface area contributed by atoms with Crippen LogP contribution in [0.5, 0.6) is 0 Å². The standard InChI is InChI=1S/C33H29BrN4O/c1-16-8-17(2)30(18(3)9-16)31-25-12-22-28(39)13-21(32(22)38-25)27-15-33(4,5)29(37-27)11-20-7-6-19(35-20)10-24-23(34)14-26(31)36-24/h6-12,14,37,39H,13,15H2,1-5H3. The number of hydrogen-bond acceptors (Lipinski definition) is 5. The smallest absolute Gasteiger partial charge is 0.106 e. The molecule has 5 nitrogen and oxygen atoms in total. The predicted octanol–water partition coefficient (Wildman–Crippen LogP) is 7.68. The van der Waals surface area contributed by atoms with Gasteiger partial charge in [0.2, 0.25) is 0 Å². The highest BCUT2D eigenvalue weighted by Crippen LogP contribution is 2.47. The van der Waals surface area contributed by atoms with Crippen molar-refractivity contribution >= 4 is 38.6 Å². The average Bonchev–Trinajstić information content (AvgIpc) is 3.64. The molecule has 0 spiro atoms. The molecule has 2 N–H and O–H groups in total. The van der Waals surface area contributed by atoms with Gasteiger partial charge < -0.3 is 10.4 Å². The van der Waals surface area contributed by atoms with E-state index >= 15 is 0 Å². The van der Waals surface area contributed by atoms with Crippen molar-refractivity contribution in [3.63, 3.8) is 0 Å². The number of nitrogens with one attached hydrogen (secondary N) is 1. The molecule has 0 saturated carbocycles. The largest absolute Gasteiger partial charge is 0.511 e. The lowest BCUT2D eigenvalue weighted by Gasteiger charge is -2.17. The molecule has 0 unspecified atom stereocenters. The topological polar surface area (TPSA) is 69.3 Å². The number of rotatable bonds is 1. The number of aliphatic hydroxyl groups is 1. The Bertz CT molecular complexity index is 1750. The van der Waals surface area contributed by atoms with Crippen LogP contribution in [0.1, 0.15) is 48.9 Å². The number of hydrogen-bond donors (Lipinski definition) is 2. The Morgan fingerprint density at radius 2 is 1.72 bits per heavy atom. The van der Waals surface area contributed by atoms with Crippen LogP contribution in [-0.4, -0.2) is 22.2 Å². The Hall–Kier alpha value is -3.77. The molecule has 6 aliphatic rings. The minimum atomic E-state index is -0.0922. The van der Waals surface area contributed by atoms with Gasteiger partial charge >= 0.3 is 0 Å². The summed E-state index contributed by atoms with van der Waals surface area (Å²) in [6, 6.07) is 4.42. The SMILES string of the molecule is Cc1cc(C)c(C2=C3C=C(Br)C(=N3)C=C3C=CC(=N3)C=C3NC(=C4CC(O)=C5C=C2N=C54)CC3(C)C)c(C)c1. The second-order valence-corrected chi connectivity index (χ2v) is 12.5. The molecule has 0 amide bonds. The van der Waals surface area contributed by atoms with Gasteiger partial charge in [0.25, 0.3) is 0 Å². The van der Waals surface area contributed by atoms with Crippen LogP contribution >= 0.6 is 15.9 Å². The maximum absolute atomic E-state index is 11.1. The fraction of sp³-hybridized carbons (Fsp3) is 0.242. The Morgan fingerprint density at radius 3 is 2.49 bits per heavy atom. The fourth-order valence-corrected chi connectivity index (χ4v) is 6.78. The molecule has 5 aliphatic heterocycles. The molecule has 1 fully saturated rings. The van der Waals surface area contributed by atoms with E-state index in [9.17, 15) is 5.11 Å². The molecule has 1 aromatic carbocycles. The third-order valence-electron chi connectivity index (χ3n) is 8.16. The summed E-state index contributed by atoms with van der Waals surface area (Å²) in [5.74, 6) is 0.370. The molecular formula is C33H29BrN4O. The van der Waals surface area contributed by atoms with Crippen molar-refractivity contribution in [2.75, 3.05) is 0 Å². The van der Waals surface area contributed by atoms with E-state index < -0.39 is 0 Å². The van der Waals surface area contributed by atoms with Gasteiger partial charge in [0.15, 0.2) is 0 Å². The Morgan fingerprint density at radius 1 is 0.949 bits per heavy atom. The van der Waals surface area contributed by atoms with Crippen molar-refractivity contribution in [3.05, 3.63) is 121 Å². The average molecular weight is 578 g/mol. The molecule has 1 aromatic rings. The maximum Gasteiger partial charge on any atom is 0.106 e. The molecule has 5 heterocycles. The highest BCUT2D eigenvalue weighted by Gasteiger charge is 2.39. The van der Waals surface area contributed by atoms with E-state index in [-0.39, 0.29) is 5.41 Å². The summed E-state index contributed by atoms with van der Waals surface area (Å²) in [6.07, 6.45) is 13.7. The predicted molar refractivity (Wildman–Crippen MR) is 163 cm³/mol. The van der Waals surface area contributed by atoms with Gasteiger partial charge in [-0.1, -0.05) is 31.5 Å². The van der Waals surface area contributed by atoms with Gasteiger partial charge in [0.05, 0.1) is 34.2 Å². The Balaban J connectivity index is 1.54. The fourth-order valence-electron chi connectivity index (χ4n) is 6.36. The molecule has 194 valence electrons. The van der Waals surface area contributed by atoms with Gasteiger partial charge in [-0.3, -0.25) is 0 Å². The van der Waals surface area contributed by atoms with Crippen molar-refractivity contribution in [2.24, 2.45) is 20.4 Å². The van der Waals surface area contributed by atoms with Crippen molar-refractivity contribution in [3.8, 4) is 0 Å². The molecule has 1 saturated heterocycles. The van der Waals surface area contributed by atoms with E-state index in [0.717, 1.165) is 78.8 Å². The Labute approximate surface area is 237 Å². The molecule has 1 aliphatic carbocycles. The summed E-state index contributed by atoms with van der Waals surface area (Å²) in [5, 5.41) is 14.8. The van der Waals surface area contributed by atoms with Crippen LogP contribution in [0, 0.1) is 26.2 Å². The second kappa shape index (κ2) is 8.36. The molecule has 39 heavy (non-hydrogen) atoms. The number of allylic oxidation sites excluding steroid dienone is 12. The number of aliphatic hydroxyl groups excluding tert-OH is 1. The monoisotopic (exact) mass is 576 g/mol. The minimum Gasteiger partial charge on any atom is -0.511 e. The normalized spacial score (nSPS) is 22.6. The first-order valence-electron chi connectivity index (χ1n) is 13.3. The first kappa shape index (κ1) is 24.3. The summed E-state index contributed by atoms with van der Waals surface area (Å²) < 4.78 is 0.905. The Kier molecular flexibility index (Phi) is 5.21. The van der Waals surface area contributed by atoms with Crippen LogP contribution in [-0.2, 0) is 0 Å². The molecular weight excluding hydrogens is 548 g/mol. The number of halogens is 1. The second-order valence-electron chi connectivity index (χ2n) is 11.7. The van der Waals surface area contributed by atoms with Crippen LogP contribution in [0.15, 0.2) is 113 Å². The minimum absolute atomic E-state index is 0.0922. The molecule has 0 atom stereocenters. The highest BCUT2D eigenvalue weighted by atomic mass is 79.9. The van der Waals surface area contributed by atoms with Gasteiger partial charge in [0.1, 0.15) is 5.76 Å². The van der Waals surface area contributed by atoms with Crippen LogP contribution in [0.2, 0.25) is 0 Å². The summed E-state index contributed by atoms with van der Waals surface area (Å²) >= 11 is 3.76. The van der Waals surface area contributed by atoms with E-state index in [0.29, 0.717) is 12.2 Å². The maximum atomic E-state index is 11.1. The lowest BCUT2D eigenvalue weighted by Crippen LogP contribution is -2.15. The zero-order valence-electron chi connectivity index (χ0n) is 22.7. The van der Waals surface area contributed by atoms with Gasteiger partial charge in [-0.25, -0.2) is 15.0 Å². The highest BCUT2D eigenvalue weighted by molar-refractivity contribution is 9.12. The van der Waals surface area contributed by atoms with Crippen LogP contribution in [0.25, 0.3) is 5.57 Å². The van der Waals surface area contributed by atoms with Crippen LogP contribution in [0.4, 0.5) is 0 Å². The van der Waals surface area contributed by atoms with E-state index in [1.165, 1.54) is 16.7 Å². The lowest BCUT2D eigenvalue weighted by atomic mass is 9.87. The van der Waals surface area contributed by atoms with E-state index in [4.69, 9.17) is 15.0 Å². The number of benzene rings is 1. The van der Waals surface area contributed by atoms with Gasteiger partial charge in [-0.05, 0) is 96.3 Å². The zero-order chi connectivity index (χ0) is 27.2. The number of nitrogens with zero attached hydrogens (tertiary/aromatic N) is 3. The van der Waals surface area contributed by atoms with Crippen molar-refractivity contribution in [1.82, 2.24) is 5.32 Å². The summed E-state index contributed by atoms with van der Waals surface area (Å²) in [4.78, 5) is 15.2. The van der Waals surface area contributed by atoms with Crippen LogP contribution < -0.4 is 5.32 Å². The van der Waals surface area contributed by atoms with Crippen molar-refractivity contribution in [1.29, 1.82) is 0 Å².